The lowest BCUT2D eigenvalue weighted by atomic mass is 10.0. The van der Waals surface area contributed by atoms with E-state index in [0.29, 0.717) is 12.1 Å². The van der Waals surface area contributed by atoms with Gasteiger partial charge < -0.3 is 15.6 Å². The standard InChI is InChI=1S/C21H22FN3O/c1-13-17-10-14(11-24-21(26)15-8-9-23-12-15)6-7-19(17)25-20(13)16-4-2-3-5-18(16)22/h2-7,10,15,23,25H,8-9,11-12H2,1H3,(H,24,26)/t15-/m0/s1. The molecule has 2 heterocycles. The Bertz CT molecular complexity index is 957. The molecule has 5 heteroatoms. The Morgan fingerprint density at radius 1 is 1.27 bits per heavy atom. The van der Waals surface area contributed by atoms with Gasteiger partial charge in [0.25, 0.3) is 0 Å². The van der Waals surface area contributed by atoms with Crippen molar-refractivity contribution in [1.29, 1.82) is 0 Å². The molecule has 4 rings (SSSR count). The Hall–Kier alpha value is -2.66. The minimum absolute atomic E-state index is 0.0698. The minimum Gasteiger partial charge on any atom is -0.354 e. The maximum absolute atomic E-state index is 14.1. The Morgan fingerprint density at radius 3 is 2.88 bits per heavy atom. The maximum Gasteiger partial charge on any atom is 0.224 e. The first-order valence-electron chi connectivity index (χ1n) is 8.98. The number of halogens is 1. The van der Waals surface area contributed by atoms with Crippen molar-refractivity contribution in [3.8, 4) is 11.3 Å². The van der Waals surface area contributed by atoms with Crippen molar-refractivity contribution in [2.24, 2.45) is 5.92 Å². The van der Waals surface area contributed by atoms with Crippen molar-refractivity contribution in [3.05, 3.63) is 59.4 Å². The van der Waals surface area contributed by atoms with Crippen molar-refractivity contribution >= 4 is 16.8 Å². The number of nitrogens with one attached hydrogen (secondary N) is 3. The number of H-pyrrole nitrogens is 1. The van der Waals surface area contributed by atoms with Crippen LogP contribution in [0.4, 0.5) is 4.39 Å². The van der Waals surface area contributed by atoms with Crippen LogP contribution in [0.2, 0.25) is 0 Å². The summed E-state index contributed by atoms with van der Waals surface area (Å²) in [6.45, 7) is 4.16. The minimum atomic E-state index is -0.236. The summed E-state index contributed by atoms with van der Waals surface area (Å²) >= 11 is 0. The molecule has 3 aromatic rings. The fraction of sp³-hybridized carbons (Fsp3) is 0.286. The van der Waals surface area contributed by atoms with Crippen LogP contribution in [0.25, 0.3) is 22.2 Å². The number of aryl methyl sites for hydroxylation is 1. The fourth-order valence-electron chi connectivity index (χ4n) is 3.63. The number of aromatic amines is 1. The number of carbonyl (C=O) groups excluding carboxylic acids is 1. The van der Waals surface area contributed by atoms with Gasteiger partial charge in [0.05, 0.1) is 11.6 Å². The third-order valence-corrected chi connectivity index (χ3v) is 5.16. The fourth-order valence-corrected chi connectivity index (χ4v) is 3.63. The highest BCUT2D eigenvalue weighted by atomic mass is 19.1. The van der Waals surface area contributed by atoms with Crippen LogP contribution < -0.4 is 10.6 Å². The van der Waals surface area contributed by atoms with E-state index >= 15 is 0 Å². The van der Waals surface area contributed by atoms with Gasteiger partial charge in [-0.15, -0.1) is 0 Å². The van der Waals surface area contributed by atoms with Crippen LogP contribution in [-0.4, -0.2) is 24.0 Å². The zero-order chi connectivity index (χ0) is 18.1. The Labute approximate surface area is 151 Å². The van der Waals surface area contributed by atoms with Crippen molar-refractivity contribution < 1.29 is 9.18 Å². The van der Waals surface area contributed by atoms with E-state index in [1.54, 1.807) is 12.1 Å². The van der Waals surface area contributed by atoms with E-state index in [2.05, 4.69) is 21.7 Å². The molecular formula is C21H22FN3O. The molecule has 134 valence electrons. The molecule has 0 saturated carbocycles. The van der Waals surface area contributed by atoms with Gasteiger partial charge in [0.15, 0.2) is 0 Å². The van der Waals surface area contributed by atoms with Gasteiger partial charge in [-0.2, -0.15) is 0 Å². The zero-order valence-corrected chi connectivity index (χ0v) is 14.7. The SMILES string of the molecule is Cc1c(-c2ccccc2F)[nH]c2ccc(CNC(=O)[C@H]3CCNC3)cc12. The molecule has 1 aromatic heterocycles. The highest BCUT2D eigenvalue weighted by molar-refractivity contribution is 5.91. The van der Waals surface area contributed by atoms with Gasteiger partial charge in [0, 0.05) is 29.6 Å². The van der Waals surface area contributed by atoms with Crippen LogP contribution in [0.1, 0.15) is 17.5 Å². The molecular weight excluding hydrogens is 329 g/mol. The molecule has 1 atom stereocenters. The van der Waals surface area contributed by atoms with Gasteiger partial charge in [-0.3, -0.25) is 4.79 Å². The lowest BCUT2D eigenvalue weighted by molar-refractivity contribution is -0.124. The largest absolute Gasteiger partial charge is 0.354 e. The topological polar surface area (TPSA) is 56.9 Å². The molecule has 0 radical (unpaired) electrons. The summed E-state index contributed by atoms with van der Waals surface area (Å²) in [7, 11) is 0. The van der Waals surface area contributed by atoms with E-state index in [1.807, 2.05) is 25.1 Å². The first kappa shape index (κ1) is 16.8. The molecule has 2 aromatic carbocycles. The smallest absolute Gasteiger partial charge is 0.224 e. The summed E-state index contributed by atoms with van der Waals surface area (Å²) < 4.78 is 14.1. The van der Waals surface area contributed by atoms with Gasteiger partial charge in [0.2, 0.25) is 5.91 Å². The summed E-state index contributed by atoms with van der Waals surface area (Å²) in [5.74, 6) is -0.0619. The van der Waals surface area contributed by atoms with Crippen molar-refractivity contribution in [2.75, 3.05) is 13.1 Å². The number of rotatable bonds is 4. The second kappa shape index (κ2) is 6.92. The van der Waals surface area contributed by atoms with Crippen molar-refractivity contribution in [2.45, 2.75) is 19.9 Å². The second-order valence-corrected chi connectivity index (χ2v) is 6.89. The van der Waals surface area contributed by atoms with Gasteiger partial charge >= 0.3 is 0 Å². The third kappa shape index (κ3) is 3.10. The molecule has 1 fully saturated rings. The maximum atomic E-state index is 14.1. The molecule has 1 amide bonds. The summed E-state index contributed by atoms with van der Waals surface area (Å²) in [4.78, 5) is 15.5. The number of hydrogen-bond donors (Lipinski definition) is 3. The number of carbonyl (C=O) groups is 1. The van der Waals surface area contributed by atoms with Gasteiger partial charge in [-0.1, -0.05) is 18.2 Å². The molecule has 0 spiro atoms. The Morgan fingerprint density at radius 2 is 2.12 bits per heavy atom. The molecule has 0 bridgehead atoms. The third-order valence-electron chi connectivity index (χ3n) is 5.16. The first-order chi connectivity index (χ1) is 12.6. The predicted octanol–water partition coefficient (Wildman–Crippen LogP) is 3.51. The van der Waals surface area contributed by atoms with Crippen molar-refractivity contribution in [1.82, 2.24) is 15.6 Å². The summed E-state index contributed by atoms with van der Waals surface area (Å²) in [5.41, 5.74) is 4.40. The first-order valence-corrected chi connectivity index (χ1v) is 8.98. The van der Waals surface area contributed by atoms with E-state index in [1.165, 1.54) is 6.07 Å². The highest BCUT2D eigenvalue weighted by Gasteiger charge is 2.22. The lowest BCUT2D eigenvalue weighted by Crippen LogP contribution is -2.31. The molecule has 1 aliphatic rings. The van der Waals surface area contributed by atoms with E-state index in [4.69, 9.17) is 0 Å². The van der Waals surface area contributed by atoms with Crippen LogP contribution in [0, 0.1) is 18.7 Å². The number of fused-ring (bicyclic) bond motifs is 1. The average molecular weight is 351 g/mol. The van der Waals surface area contributed by atoms with Crippen LogP contribution >= 0.6 is 0 Å². The van der Waals surface area contributed by atoms with Crippen LogP contribution in [0.3, 0.4) is 0 Å². The van der Waals surface area contributed by atoms with Crippen LogP contribution in [0.5, 0.6) is 0 Å². The summed E-state index contributed by atoms with van der Waals surface area (Å²) in [6, 6.07) is 12.8. The van der Waals surface area contributed by atoms with E-state index < -0.39 is 0 Å². The number of benzene rings is 2. The molecule has 4 nitrogen and oxygen atoms in total. The Kier molecular flexibility index (Phi) is 4.47. The zero-order valence-electron chi connectivity index (χ0n) is 14.7. The Balaban J connectivity index is 1.58. The monoisotopic (exact) mass is 351 g/mol. The molecule has 26 heavy (non-hydrogen) atoms. The average Bonchev–Trinajstić information content (AvgIpc) is 3.29. The van der Waals surface area contributed by atoms with E-state index in [-0.39, 0.29) is 17.6 Å². The van der Waals surface area contributed by atoms with Gasteiger partial charge in [-0.05, 0) is 55.3 Å². The highest BCUT2D eigenvalue weighted by Crippen LogP contribution is 2.31. The van der Waals surface area contributed by atoms with E-state index in [0.717, 1.165) is 47.2 Å². The number of amides is 1. The normalized spacial score (nSPS) is 16.9. The summed E-state index contributed by atoms with van der Waals surface area (Å²) in [6.07, 6.45) is 0.897. The van der Waals surface area contributed by atoms with Crippen molar-refractivity contribution in [3.63, 3.8) is 0 Å². The molecule has 1 saturated heterocycles. The second-order valence-electron chi connectivity index (χ2n) is 6.89. The van der Waals surface area contributed by atoms with Gasteiger partial charge in [-0.25, -0.2) is 4.39 Å². The predicted molar refractivity (Wildman–Crippen MR) is 101 cm³/mol. The van der Waals surface area contributed by atoms with Crippen LogP contribution in [-0.2, 0) is 11.3 Å². The lowest BCUT2D eigenvalue weighted by Gasteiger charge is -2.10. The van der Waals surface area contributed by atoms with E-state index in [9.17, 15) is 9.18 Å². The molecule has 3 N–H and O–H groups in total. The molecule has 0 unspecified atom stereocenters. The number of hydrogen-bond acceptors (Lipinski definition) is 2. The molecule has 1 aliphatic heterocycles. The number of aromatic nitrogens is 1. The summed E-state index contributed by atoms with van der Waals surface area (Å²) in [5, 5.41) is 7.29. The van der Waals surface area contributed by atoms with Gasteiger partial charge in [0.1, 0.15) is 5.82 Å². The quantitative estimate of drug-likeness (QED) is 0.674. The van der Waals surface area contributed by atoms with Crippen LogP contribution in [0.15, 0.2) is 42.5 Å². The molecule has 0 aliphatic carbocycles.